The Balaban J connectivity index is 2.47. The molecule has 1 unspecified atom stereocenters. The summed E-state index contributed by atoms with van der Waals surface area (Å²) in [5.41, 5.74) is 2.19. The minimum absolute atomic E-state index is 0.252. The topological polar surface area (TPSA) is 38.3 Å². The van der Waals surface area contributed by atoms with Crippen LogP contribution >= 0.6 is 0 Å². The summed E-state index contributed by atoms with van der Waals surface area (Å²) >= 11 is 0. The quantitative estimate of drug-likeness (QED) is 0.631. The van der Waals surface area contributed by atoms with Crippen LogP contribution in [0.3, 0.4) is 0 Å². The van der Waals surface area contributed by atoms with E-state index in [1.165, 1.54) is 25.3 Å². The summed E-state index contributed by atoms with van der Waals surface area (Å²) in [5, 5.41) is 0. The first-order valence-electron chi connectivity index (χ1n) is 3.60. The summed E-state index contributed by atoms with van der Waals surface area (Å²) in [7, 11) is 1.36. The van der Waals surface area contributed by atoms with E-state index in [9.17, 15) is 9.18 Å². The lowest BCUT2D eigenvalue weighted by atomic mass is 10.0. The molecule has 1 N–H and O–H groups in total. The fourth-order valence-corrected chi connectivity index (χ4v) is 0.965. The number of halogens is 1. The fraction of sp³-hybridized carbons (Fsp3) is 0.375. The highest BCUT2D eigenvalue weighted by Gasteiger charge is 2.16. The number of rotatable bonds is 2. The highest BCUT2D eigenvalue weighted by molar-refractivity contribution is 5.79. The Labute approximate surface area is 69.9 Å². The molecule has 1 amide bonds. The predicted octanol–water partition coefficient (Wildman–Crippen LogP) is 1.09. The zero-order chi connectivity index (χ0) is 8.97. The van der Waals surface area contributed by atoms with Crippen molar-refractivity contribution in [1.82, 2.24) is 5.48 Å². The summed E-state index contributed by atoms with van der Waals surface area (Å²) in [6, 6.07) is 0. The Hall–Kier alpha value is -1.16. The largest absolute Gasteiger partial charge is 0.277 e. The molecule has 66 valence electrons. The van der Waals surface area contributed by atoms with Crippen molar-refractivity contribution in [3.05, 3.63) is 24.1 Å². The van der Waals surface area contributed by atoms with Gasteiger partial charge in [-0.1, -0.05) is 6.08 Å². The van der Waals surface area contributed by atoms with Crippen molar-refractivity contribution in [2.24, 2.45) is 5.92 Å². The van der Waals surface area contributed by atoms with Crippen molar-refractivity contribution in [3.8, 4) is 0 Å². The first-order valence-corrected chi connectivity index (χ1v) is 3.60. The molecule has 1 rings (SSSR count). The SMILES string of the molecule is CONC(=O)C1C=CC(F)=CC1. The molecule has 4 heteroatoms. The number of allylic oxidation sites excluding steroid dienone is 3. The van der Waals surface area contributed by atoms with Crippen LogP contribution in [0.1, 0.15) is 6.42 Å². The smallest absolute Gasteiger partial charge is 0.250 e. The summed E-state index contributed by atoms with van der Waals surface area (Å²) in [5.74, 6) is -0.863. The second kappa shape index (κ2) is 4.01. The summed E-state index contributed by atoms with van der Waals surface area (Å²) < 4.78 is 12.4. The molecule has 0 aromatic carbocycles. The van der Waals surface area contributed by atoms with Crippen LogP contribution in [-0.2, 0) is 9.63 Å². The molecule has 0 aromatic heterocycles. The van der Waals surface area contributed by atoms with Crippen LogP contribution in [-0.4, -0.2) is 13.0 Å². The van der Waals surface area contributed by atoms with Crippen molar-refractivity contribution >= 4 is 5.91 Å². The van der Waals surface area contributed by atoms with Crippen molar-refractivity contribution < 1.29 is 14.0 Å². The number of nitrogens with one attached hydrogen (secondary N) is 1. The van der Waals surface area contributed by atoms with Gasteiger partial charge in [0.1, 0.15) is 5.83 Å². The van der Waals surface area contributed by atoms with Gasteiger partial charge in [-0.25, -0.2) is 9.87 Å². The van der Waals surface area contributed by atoms with Gasteiger partial charge in [0.15, 0.2) is 0 Å². The number of carbonyl (C=O) groups is 1. The van der Waals surface area contributed by atoms with Gasteiger partial charge >= 0.3 is 0 Å². The number of hydrogen-bond donors (Lipinski definition) is 1. The van der Waals surface area contributed by atoms with Gasteiger partial charge in [0.05, 0.1) is 13.0 Å². The second-order valence-corrected chi connectivity index (χ2v) is 2.46. The van der Waals surface area contributed by atoms with Gasteiger partial charge in [0.25, 0.3) is 5.91 Å². The third-order valence-electron chi connectivity index (χ3n) is 1.59. The van der Waals surface area contributed by atoms with Crippen LogP contribution in [0.2, 0.25) is 0 Å². The lowest BCUT2D eigenvalue weighted by Crippen LogP contribution is -2.29. The molecule has 1 atom stereocenters. The molecule has 0 heterocycles. The van der Waals surface area contributed by atoms with Crippen molar-refractivity contribution in [2.45, 2.75) is 6.42 Å². The van der Waals surface area contributed by atoms with E-state index >= 15 is 0 Å². The van der Waals surface area contributed by atoms with Crippen LogP contribution in [0.25, 0.3) is 0 Å². The molecule has 0 bridgehead atoms. The standard InChI is InChI=1S/C8H10FNO2/c1-12-10-8(11)6-2-4-7(9)5-3-6/h2,4-6H,3H2,1H3,(H,10,11). The summed E-state index contributed by atoms with van der Waals surface area (Å²) in [4.78, 5) is 15.5. The minimum atomic E-state index is -0.315. The van der Waals surface area contributed by atoms with E-state index in [0.717, 1.165) is 0 Å². The maximum atomic E-state index is 12.4. The molecule has 1 aliphatic rings. The van der Waals surface area contributed by atoms with E-state index < -0.39 is 0 Å². The van der Waals surface area contributed by atoms with E-state index in [4.69, 9.17) is 0 Å². The number of carbonyl (C=O) groups excluding carboxylic acids is 1. The van der Waals surface area contributed by atoms with E-state index in [2.05, 4.69) is 10.3 Å². The molecule has 0 spiro atoms. The maximum absolute atomic E-state index is 12.4. The van der Waals surface area contributed by atoms with E-state index in [0.29, 0.717) is 6.42 Å². The monoisotopic (exact) mass is 171 g/mol. The van der Waals surface area contributed by atoms with Crippen LogP contribution in [0.5, 0.6) is 0 Å². The molecule has 12 heavy (non-hydrogen) atoms. The first kappa shape index (κ1) is 8.93. The molecule has 3 nitrogen and oxygen atoms in total. The highest BCUT2D eigenvalue weighted by atomic mass is 19.1. The zero-order valence-electron chi connectivity index (χ0n) is 6.71. The fourth-order valence-electron chi connectivity index (χ4n) is 0.965. The molecule has 0 radical (unpaired) electrons. The van der Waals surface area contributed by atoms with Gasteiger partial charge in [0.2, 0.25) is 0 Å². The lowest BCUT2D eigenvalue weighted by Gasteiger charge is -2.11. The van der Waals surface area contributed by atoms with Crippen molar-refractivity contribution in [1.29, 1.82) is 0 Å². The lowest BCUT2D eigenvalue weighted by molar-refractivity contribution is -0.133. The summed E-state index contributed by atoms with van der Waals surface area (Å²) in [6.07, 6.45) is 4.56. The first-order chi connectivity index (χ1) is 5.74. The van der Waals surface area contributed by atoms with Crippen LogP contribution in [0.15, 0.2) is 24.1 Å². The molecule has 0 aliphatic heterocycles. The second-order valence-electron chi connectivity index (χ2n) is 2.46. The zero-order valence-corrected chi connectivity index (χ0v) is 6.71. The van der Waals surface area contributed by atoms with Crippen molar-refractivity contribution in [2.75, 3.05) is 7.11 Å². The summed E-state index contributed by atoms with van der Waals surface area (Å²) in [6.45, 7) is 0. The Bertz CT molecular complexity index is 235. The number of hydrogen-bond acceptors (Lipinski definition) is 2. The maximum Gasteiger partial charge on any atom is 0.250 e. The molecular weight excluding hydrogens is 161 g/mol. The number of amides is 1. The van der Waals surface area contributed by atoms with Gasteiger partial charge in [-0.15, -0.1) is 0 Å². The minimum Gasteiger partial charge on any atom is -0.277 e. The van der Waals surface area contributed by atoms with Gasteiger partial charge in [-0.3, -0.25) is 9.63 Å². The Morgan fingerprint density at radius 2 is 2.58 bits per heavy atom. The average molecular weight is 171 g/mol. The third-order valence-corrected chi connectivity index (χ3v) is 1.59. The predicted molar refractivity (Wildman–Crippen MR) is 41.6 cm³/mol. The molecule has 1 aliphatic carbocycles. The molecule has 0 saturated carbocycles. The number of hydroxylamine groups is 1. The van der Waals surface area contributed by atoms with Gasteiger partial charge in [0, 0.05) is 0 Å². The van der Waals surface area contributed by atoms with E-state index in [1.807, 2.05) is 0 Å². The Morgan fingerprint density at radius 3 is 3.08 bits per heavy atom. The highest BCUT2D eigenvalue weighted by Crippen LogP contribution is 2.16. The van der Waals surface area contributed by atoms with Crippen LogP contribution in [0, 0.1) is 5.92 Å². The van der Waals surface area contributed by atoms with Gasteiger partial charge in [-0.2, -0.15) is 0 Å². The van der Waals surface area contributed by atoms with Crippen LogP contribution in [0.4, 0.5) is 4.39 Å². The molecule has 0 saturated heterocycles. The van der Waals surface area contributed by atoms with Crippen LogP contribution < -0.4 is 5.48 Å². The normalized spacial score (nSPS) is 21.8. The Morgan fingerprint density at radius 1 is 1.83 bits per heavy atom. The van der Waals surface area contributed by atoms with Gasteiger partial charge < -0.3 is 0 Å². The van der Waals surface area contributed by atoms with E-state index in [1.54, 1.807) is 0 Å². The third kappa shape index (κ3) is 2.17. The van der Waals surface area contributed by atoms with E-state index in [-0.39, 0.29) is 17.7 Å². The molecule has 0 fully saturated rings. The Kier molecular flexibility index (Phi) is 2.99. The average Bonchev–Trinajstić information content (AvgIpc) is 2.06. The molecular formula is C8H10FNO2. The van der Waals surface area contributed by atoms with Crippen molar-refractivity contribution in [3.63, 3.8) is 0 Å². The van der Waals surface area contributed by atoms with Gasteiger partial charge in [-0.05, 0) is 18.6 Å². The molecule has 0 aromatic rings.